The van der Waals surface area contributed by atoms with E-state index in [-0.39, 0.29) is 6.04 Å². The molecular weight excluding hydrogens is 208 g/mol. The van der Waals surface area contributed by atoms with Crippen LogP contribution in [-0.4, -0.2) is 43.3 Å². The third-order valence-electron chi connectivity index (χ3n) is 3.38. The summed E-state index contributed by atoms with van der Waals surface area (Å²) >= 11 is 0. The average Bonchev–Trinajstić information content (AvgIpc) is 2.96. The zero-order valence-electron chi connectivity index (χ0n) is 8.91. The molecule has 86 valence electrons. The molecule has 0 bridgehead atoms. The zero-order valence-corrected chi connectivity index (χ0v) is 8.91. The predicted molar refractivity (Wildman–Crippen MR) is 54.6 cm³/mol. The molecule has 1 aliphatic carbocycles. The minimum absolute atomic E-state index is 0.328. The zero-order chi connectivity index (χ0) is 11.1. The molecule has 2 heterocycles. The van der Waals surface area contributed by atoms with E-state index in [1.165, 1.54) is 0 Å². The molecule has 0 amide bonds. The Kier molecular flexibility index (Phi) is 2.17. The first-order valence-corrected chi connectivity index (χ1v) is 5.59. The summed E-state index contributed by atoms with van der Waals surface area (Å²) in [6.45, 7) is 2.17. The van der Waals surface area contributed by atoms with Crippen LogP contribution in [0, 0.1) is 5.92 Å². The largest absolute Gasteiger partial charge is 0.480 e. The number of rotatable bonds is 3. The monoisotopic (exact) mass is 222 g/mol. The van der Waals surface area contributed by atoms with E-state index in [1.807, 2.05) is 9.47 Å². The van der Waals surface area contributed by atoms with Crippen LogP contribution >= 0.6 is 0 Å². The Morgan fingerprint density at radius 3 is 3.00 bits per heavy atom. The van der Waals surface area contributed by atoms with Crippen LogP contribution in [0.5, 0.6) is 0 Å². The Labute approximate surface area is 92.9 Å². The van der Waals surface area contributed by atoms with E-state index in [0.29, 0.717) is 12.5 Å². The Balaban J connectivity index is 1.78. The van der Waals surface area contributed by atoms with Gasteiger partial charge in [0, 0.05) is 13.1 Å². The number of aromatic nitrogens is 3. The van der Waals surface area contributed by atoms with Crippen molar-refractivity contribution in [2.24, 2.45) is 5.92 Å². The molecule has 2 aliphatic rings. The van der Waals surface area contributed by atoms with Crippen LogP contribution in [0.25, 0.3) is 0 Å². The van der Waals surface area contributed by atoms with E-state index in [4.69, 9.17) is 0 Å². The summed E-state index contributed by atoms with van der Waals surface area (Å²) in [4.78, 5) is 13.3. The lowest BCUT2D eigenvalue weighted by Crippen LogP contribution is -2.46. The van der Waals surface area contributed by atoms with E-state index in [0.717, 1.165) is 31.8 Å². The summed E-state index contributed by atoms with van der Waals surface area (Å²) in [6.07, 6.45) is 3.79. The topological polar surface area (TPSA) is 71.2 Å². The molecule has 6 heteroatoms. The number of nitrogens with zero attached hydrogens (tertiary/aromatic N) is 4. The van der Waals surface area contributed by atoms with Crippen LogP contribution in [0.2, 0.25) is 0 Å². The van der Waals surface area contributed by atoms with Gasteiger partial charge in [-0.3, -0.25) is 9.69 Å². The van der Waals surface area contributed by atoms with Crippen molar-refractivity contribution in [1.82, 2.24) is 19.7 Å². The first kappa shape index (κ1) is 9.77. The lowest BCUT2D eigenvalue weighted by Gasteiger charge is -2.31. The molecule has 3 rings (SSSR count). The molecule has 1 aliphatic heterocycles. The second-order valence-corrected chi connectivity index (χ2v) is 4.53. The lowest BCUT2D eigenvalue weighted by molar-refractivity contribution is -0.144. The van der Waals surface area contributed by atoms with E-state index >= 15 is 0 Å². The van der Waals surface area contributed by atoms with Crippen molar-refractivity contribution in [2.45, 2.75) is 32.0 Å². The average molecular weight is 222 g/mol. The smallest absolute Gasteiger partial charge is 0.321 e. The first-order chi connectivity index (χ1) is 7.75. The Morgan fingerprint density at radius 2 is 2.31 bits per heavy atom. The van der Waals surface area contributed by atoms with Crippen molar-refractivity contribution in [1.29, 1.82) is 0 Å². The fourth-order valence-corrected chi connectivity index (χ4v) is 2.39. The van der Waals surface area contributed by atoms with Gasteiger partial charge >= 0.3 is 5.97 Å². The Bertz CT molecular complexity index is 413. The molecule has 1 unspecified atom stereocenters. The van der Waals surface area contributed by atoms with E-state index in [1.54, 1.807) is 6.33 Å². The number of carbonyl (C=O) groups is 1. The van der Waals surface area contributed by atoms with Crippen LogP contribution in [0.1, 0.15) is 18.7 Å². The molecular formula is C10H14N4O2. The van der Waals surface area contributed by atoms with Gasteiger partial charge in [-0.15, -0.1) is 10.2 Å². The quantitative estimate of drug-likeness (QED) is 0.776. The van der Waals surface area contributed by atoms with Gasteiger partial charge in [0.2, 0.25) is 0 Å². The number of aliphatic carboxylic acids is 1. The number of fused-ring (bicyclic) bond motifs is 1. The van der Waals surface area contributed by atoms with Gasteiger partial charge in [0.15, 0.2) is 0 Å². The highest BCUT2D eigenvalue weighted by atomic mass is 16.4. The van der Waals surface area contributed by atoms with Crippen LogP contribution < -0.4 is 0 Å². The maximum absolute atomic E-state index is 11.2. The molecule has 0 spiro atoms. The van der Waals surface area contributed by atoms with Gasteiger partial charge in [0.05, 0.1) is 6.54 Å². The van der Waals surface area contributed by atoms with Gasteiger partial charge in [-0.1, -0.05) is 0 Å². The minimum atomic E-state index is -0.699. The number of hydrogen-bond donors (Lipinski definition) is 1. The van der Waals surface area contributed by atoms with Crippen molar-refractivity contribution in [2.75, 3.05) is 6.54 Å². The number of hydrogen-bond acceptors (Lipinski definition) is 4. The second kappa shape index (κ2) is 3.55. The van der Waals surface area contributed by atoms with E-state index < -0.39 is 5.97 Å². The fraction of sp³-hybridized carbons (Fsp3) is 0.700. The van der Waals surface area contributed by atoms with Crippen molar-refractivity contribution >= 4 is 5.97 Å². The summed E-state index contributed by atoms with van der Waals surface area (Å²) in [6, 6.07) is -0.328. The number of carboxylic acid groups (broad SMARTS) is 1. The van der Waals surface area contributed by atoms with E-state index in [2.05, 4.69) is 10.2 Å². The normalized spacial score (nSPS) is 22.8. The second-order valence-electron chi connectivity index (χ2n) is 4.53. The highest BCUT2D eigenvalue weighted by molar-refractivity contribution is 5.74. The highest BCUT2D eigenvalue weighted by Gasteiger charge is 2.41. The summed E-state index contributed by atoms with van der Waals surface area (Å²) in [7, 11) is 0. The maximum Gasteiger partial charge on any atom is 0.321 e. The standard InChI is InChI=1S/C10H14N4O2/c15-10(16)9(7-1-2-7)13-3-4-14-6-11-12-8(14)5-13/h6-7,9H,1-5H2,(H,15,16). The summed E-state index contributed by atoms with van der Waals surface area (Å²) in [5, 5.41) is 17.1. The molecule has 16 heavy (non-hydrogen) atoms. The molecule has 1 saturated carbocycles. The molecule has 0 saturated heterocycles. The molecule has 1 fully saturated rings. The van der Waals surface area contributed by atoms with Gasteiger partial charge < -0.3 is 9.67 Å². The minimum Gasteiger partial charge on any atom is -0.480 e. The molecule has 0 radical (unpaired) electrons. The summed E-state index contributed by atoms with van der Waals surface area (Å²) < 4.78 is 1.99. The Hall–Kier alpha value is -1.43. The van der Waals surface area contributed by atoms with Gasteiger partial charge in [-0.2, -0.15) is 0 Å². The van der Waals surface area contributed by atoms with Gasteiger partial charge in [-0.25, -0.2) is 0 Å². The molecule has 6 nitrogen and oxygen atoms in total. The molecule has 1 aromatic rings. The fourth-order valence-electron chi connectivity index (χ4n) is 2.39. The predicted octanol–water partition coefficient (Wildman–Crippen LogP) is -0.0431. The summed E-state index contributed by atoms with van der Waals surface area (Å²) in [5.41, 5.74) is 0. The number of carboxylic acids is 1. The van der Waals surface area contributed by atoms with Gasteiger partial charge in [-0.05, 0) is 18.8 Å². The van der Waals surface area contributed by atoms with Crippen LogP contribution in [0.3, 0.4) is 0 Å². The third-order valence-corrected chi connectivity index (χ3v) is 3.38. The maximum atomic E-state index is 11.2. The van der Waals surface area contributed by atoms with Crippen molar-refractivity contribution in [3.8, 4) is 0 Å². The van der Waals surface area contributed by atoms with Crippen LogP contribution in [-0.2, 0) is 17.9 Å². The van der Waals surface area contributed by atoms with Crippen LogP contribution in [0.4, 0.5) is 0 Å². The van der Waals surface area contributed by atoms with Crippen molar-refractivity contribution in [3.63, 3.8) is 0 Å². The SMILES string of the molecule is O=C(O)C(C1CC1)N1CCn2cnnc2C1. The summed E-state index contributed by atoms with van der Waals surface area (Å²) in [5.74, 6) is 0.514. The van der Waals surface area contributed by atoms with Crippen molar-refractivity contribution < 1.29 is 9.90 Å². The van der Waals surface area contributed by atoms with Gasteiger partial charge in [0.25, 0.3) is 0 Å². The first-order valence-electron chi connectivity index (χ1n) is 5.59. The van der Waals surface area contributed by atoms with Crippen molar-refractivity contribution in [3.05, 3.63) is 12.2 Å². The molecule has 1 atom stereocenters. The molecule has 1 N–H and O–H groups in total. The highest BCUT2D eigenvalue weighted by Crippen LogP contribution is 2.36. The van der Waals surface area contributed by atoms with Crippen LogP contribution in [0.15, 0.2) is 6.33 Å². The Morgan fingerprint density at radius 1 is 1.50 bits per heavy atom. The molecule has 0 aromatic carbocycles. The lowest BCUT2D eigenvalue weighted by atomic mass is 10.1. The van der Waals surface area contributed by atoms with Gasteiger partial charge in [0.1, 0.15) is 18.2 Å². The third kappa shape index (κ3) is 1.59. The molecule has 1 aromatic heterocycles. The van der Waals surface area contributed by atoms with E-state index in [9.17, 15) is 9.90 Å².